The molecule has 24 heavy (non-hydrogen) atoms. The molecule has 0 aliphatic heterocycles. The Balaban J connectivity index is 2.18. The molecule has 2 rings (SSSR count). The number of nitrogens with one attached hydrogen (secondary N) is 1. The fourth-order valence-corrected chi connectivity index (χ4v) is 2.56. The molecule has 118 valence electrons. The molecule has 5 nitrogen and oxygen atoms in total. The maximum Gasteiger partial charge on any atom is 0.266 e. The summed E-state index contributed by atoms with van der Waals surface area (Å²) in [4.78, 5) is 12.2. The summed E-state index contributed by atoms with van der Waals surface area (Å²) in [5, 5.41) is 20.4. The smallest absolute Gasteiger partial charge is 0.266 e. The van der Waals surface area contributed by atoms with Crippen LogP contribution in [-0.4, -0.2) is 12.5 Å². The molecule has 0 radical (unpaired) electrons. The van der Waals surface area contributed by atoms with Crippen molar-refractivity contribution in [2.75, 3.05) is 11.9 Å². The molecule has 2 aromatic rings. The number of nitrogens with zero attached hydrogens (tertiary/aromatic N) is 2. The molecule has 0 aliphatic rings. The molecule has 0 saturated heterocycles. The topological polar surface area (TPSA) is 85.9 Å². The van der Waals surface area contributed by atoms with E-state index in [2.05, 4.69) is 27.9 Å². The van der Waals surface area contributed by atoms with Gasteiger partial charge in [-0.3, -0.25) is 4.79 Å². The summed E-state index contributed by atoms with van der Waals surface area (Å²) in [5.74, 6) is 0.116. The van der Waals surface area contributed by atoms with Crippen LogP contribution in [0.4, 0.5) is 5.69 Å². The van der Waals surface area contributed by atoms with E-state index in [9.17, 15) is 10.1 Å². The zero-order chi connectivity index (χ0) is 17.4. The van der Waals surface area contributed by atoms with Crippen LogP contribution in [-0.2, 0) is 4.79 Å². The van der Waals surface area contributed by atoms with E-state index in [4.69, 9.17) is 10.00 Å². The van der Waals surface area contributed by atoms with Gasteiger partial charge in [-0.15, -0.1) is 0 Å². The summed E-state index contributed by atoms with van der Waals surface area (Å²) in [5.41, 5.74) is 1.32. The number of halogens is 1. The highest BCUT2D eigenvalue weighted by atomic mass is 127. The van der Waals surface area contributed by atoms with Crippen molar-refractivity contribution in [2.45, 2.75) is 0 Å². The van der Waals surface area contributed by atoms with Gasteiger partial charge in [0.1, 0.15) is 23.5 Å². The van der Waals surface area contributed by atoms with Crippen LogP contribution >= 0.6 is 22.6 Å². The lowest BCUT2D eigenvalue weighted by Crippen LogP contribution is -2.13. The monoisotopic (exact) mass is 429 g/mol. The SMILES string of the molecule is N#CCOc1ccc(/C=C(/C#N)C(=O)Nc2ccccc2)cc1I. The average molecular weight is 429 g/mol. The largest absolute Gasteiger partial charge is 0.478 e. The molecular weight excluding hydrogens is 417 g/mol. The molecule has 1 amide bonds. The molecule has 0 spiro atoms. The summed E-state index contributed by atoms with van der Waals surface area (Å²) >= 11 is 2.07. The van der Waals surface area contributed by atoms with Crippen LogP contribution in [0, 0.1) is 26.2 Å². The predicted molar refractivity (Wildman–Crippen MR) is 98.9 cm³/mol. The third-order valence-corrected chi connectivity index (χ3v) is 3.80. The fraction of sp³-hybridized carbons (Fsp3) is 0.0556. The quantitative estimate of drug-likeness (QED) is 0.446. The third-order valence-electron chi connectivity index (χ3n) is 2.96. The van der Waals surface area contributed by atoms with Gasteiger partial charge in [0.25, 0.3) is 5.91 Å². The molecule has 6 heteroatoms. The van der Waals surface area contributed by atoms with Gasteiger partial charge in [-0.2, -0.15) is 10.5 Å². The van der Waals surface area contributed by atoms with Crippen LogP contribution in [0.1, 0.15) is 5.56 Å². The molecule has 0 bridgehead atoms. The number of hydrogen-bond acceptors (Lipinski definition) is 4. The van der Waals surface area contributed by atoms with Crippen molar-refractivity contribution in [1.82, 2.24) is 0 Å². The molecule has 0 fully saturated rings. The van der Waals surface area contributed by atoms with Crippen molar-refractivity contribution in [3.8, 4) is 17.9 Å². The second-order valence-corrected chi connectivity index (χ2v) is 5.79. The molecule has 0 aromatic heterocycles. The van der Waals surface area contributed by atoms with Crippen molar-refractivity contribution in [3.05, 3.63) is 63.2 Å². The molecule has 0 saturated carbocycles. The summed E-state index contributed by atoms with van der Waals surface area (Å²) in [6.07, 6.45) is 1.51. The first-order valence-electron chi connectivity index (χ1n) is 6.91. The molecule has 2 aromatic carbocycles. The maximum atomic E-state index is 12.2. The second-order valence-electron chi connectivity index (χ2n) is 4.63. The van der Waals surface area contributed by atoms with Gasteiger partial charge in [0.15, 0.2) is 6.61 Å². The van der Waals surface area contributed by atoms with E-state index in [0.29, 0.717) is 17.0 Å². The molecule has 0 unspecified atom stereocenters. The number of hydrogen-bond donors (Lipinski definition) is 1. The Morgan fingerprint density at radius 2 is 1.96 bits per heavy atom. The predicted octanol–water partition coefficient (Wildman–Crippen LogP) is 3.74. The first-order valence-corrected chi connectivity index (χ1v) is 7.99. The highest BCUT2D eigenvalue weighted by Crippen LogP contribution is 2.23. The van der Waals surface area contributed by atoms with Crippen LogP contribution in [0.25, 0.3) is 6.08 Å². The number of carbonyl (C=O) groups is 1. The summed E-state index contributed by atoms with van der Waals surface area (Å²) in [6, 6.07) is 18.0. The van der Waals surface area contributed by atoms with Gasteiger partial charge in [0, 0.05) is 5.69 Å². The summed E-state index contributed by atoms with van der Waals surface area (Å²) in [6.45, 7) is -0.0336. The lowest BCUT2D eigenvalue weighted by molar-refractivity contribution is -0.112. The summed E-state index contributed by atoms with van der Waals surface area (Å²) in [7, 11) is 0. The Morgan fingerprint density at radius 3 is 2.58 bits per heavy atom. The Bertz CT molecular complexity index is 849. The normalized spacial score (nSPS) is 10.4. The Kier molecular flexibility index (Phi) is 6.35. The Morgan fingerprint density at radius 1 is 1.21 bits per heavy atom. The lowest BCUT2D eigenvalue weighted by atomic mass is 10.1. The van der Waals surface area contributed by atoms with Crippen molar-refractivity contribution in [2.24, 2.45) is 0 Å². The zero-order valence-electron chi connectivity index (χ0n) is 12.5. The summed E-state index contributed by atoms with van der Waals surface area (Å²) < 4.78 is 6.05. The number of para-hydroxylation sites is 1. The number of rotatable bonds is 5. The van der Waals surface area contributed by atoms with Gasteiger partial charge < -0.3 is 10.1 Å². The van der Waals surface area contributed by atoms with Gasteiger partial charge in [0.2, 0.25) is 0 Å². The third kappa shape index (κ3) is 4.83. The molecular formula is C18H12IN3O2. The van der Waals surface area contributed by atoms with Gasteiger partial charge >= 0.3 is 0 Å². The van der Waals surface area contributed by atoms with E-state index < -0.39 is 5.91 Å². The number of amides is 1. The standard InChI is InChI=1S/C18H12IN3O2/c19-16-11-13(6-7-17(16)24-9-8-20)10-14(12-21)18(23)22-15-4-2-1-3-5-15/h1-7,10-11H,9H2,(H,22,23)/b14-10-. The Hall–Kier alpha value is -2.84. The molecule has 0 atom stereocenters. The van der Waals surface area contributed by atoms with E-state index in [1.807, 2.05) is 18.2 Å². The number of ether oxygens (including phenoxy) is 1. The van der Waals surface area contributed by atoms with E-state index in [-0.39, 0.29) is 12.2 Å². The van der Waals surface area contributed by atoms with Crippen LogP contribution < -0.4 is 10.1 Å². The fourth-order valence-electron chi connectivity index (χ4n) is 1.87. The van der Waals surface area contributed by atoms with Gasteiger partial charge in [0.05, 0.1) is 3.57 Å². The molecule has 0 aliphatic carbocycles. The average Bonchev–Trinajstić information content (AvgIpc) is 2.59. The van der Waals surface area contributed by atoms with Gasteiger partial charge in [-0.05, 0) is 58.5 Å². The zero-order valence-corrected chi connectivity index (χ0v) is 14.6. The minimum atomic E-state index is -0.469. The van der Waals surface area contributed by atoms with Crippen LogP contribution in [0.5, 0.6) is 5.75 Å². The first kappa shape index (κ1) is 17.5. The minimum absolute atomic E-state index is 0.000321. The van der Waals surface area contributed by atoms with Crippen molar-refractivity contribution in [1.29, 1.82) is 10.5 Å². The van der Waals surface area contributed by atoms with Gasteiger partial charge in [-0.25, -0.2) is 0 Å². The highest BCUT2D eigenvalue weighted by Gasteiger charge is 2.10. The minimum Gasteiger partial charge on any atom is -0.478 e. The molecule has 0 heterocycles. The maximum absolute atomic E-state index is 12.2. The highest BCUT2D eigenvalue weighted by molar-refractivity contribution is 14.1. The van der Waals surface area contributed by atoms with Crippen molar-refractivity contribution in [3.63, 3.8) is 0 Å². The van der Waals surface area contributed by atoms with Crippen molar-refractivity contribution < 1.29 is 9.53 Å². The first-order chi connectivity index (χ1) is 11.6. The molecule has 1 N–H and O–H groups in total. The van der Waals surface area contributed by atoms with Gasteiger partial charge in [-0.1, -0.05) is 24.3 Å². The number of anilines is 1. The van der Waals surface area contributed by atoms with Crippen molar-refractivity contribution >= 4 is 40.3 Å². The Labute approximate surface area is 153 Å². The van der Waals surface area contributed by atoms with Crippen LogP contribution in [0.3, 0.4) is 0 Å². The van der Waals surface area contributed by atoms with E-state index in [1.165, 1.54) is 6.08 Å². The number of nitriles is 2. The van der Waals surface area contributed by atoms with Crippen LogP contribution in [0.15, 0.2) is 54.1 Å². The van der Waals surface area contributed by atoms with E-state index in [1.54, 1.807) is 42.5 Å². The number of carbonyl (C=O) groups excluding carboxylic acids is 1. The van der Waals surface area contributed by atoms with E-state index in [0.717, 1.165) is 3.57 Å². The van der Waals surface area contributed by atoms with E-state index >= 15 is 0 Å². The van der Waals surface area contributed by atoms with Crippen LogP contribution in [0.2, 0.25) is 0 Å². The number of benzene rings is 2. The second kappa shape index (κ2) is 8.70. The lowest BCUT2D eigenvalue weighted by Gasteiger charge is -2.06.